The average Bonchev–Trinajstić information content (AvgIpc) is 2.74. The molecule has 0 fully saturated rings. The molecular weight excluding hydrogens is 335 g/mol. The van der Waals surface area contributed by atoms with Crippen molar-refractivity contribution < 1.29 is 9.31 Å². The van der Waals surface area contributed by atoms with E-state index in [9.17, 15) is 14.5 Å². The minimum absolute atomic E-state index is 0.249. The third-order valence-corrected chi connectivity index (χ3v) is 4.11. The van der Waals surface area contributed by atoms with Crippen LogP contribution < -0.4 is 5.32 Å². The largest absolute Gasteiger partial charge is 0.384 e. The zero-order valence-electron chi connectivity index (χ0n) is 9.73. The SMILES string of the molecule is O=[N+]([O-])c1cc(F)cc(NCCc2ccc(Br)s2)c1. The van der Waals surface area contributed by atoms with Crippen LogP contribution in [-0.2, 0) is 6.42 Å². The van der Waals surface area contributed by atoms with Crippen LogP contribution in [0.3, 0.4) is 0 Å². The van der Waals surface area contributed by atoms with E-state index in [-0.39, 0.29) is 5.69 Å². The maximum atomic E-state index is 13.2. The van der Waals surface area contributed by atoms with Crippen molar-refractivity contribution in [2.45, 2.75) is 6.42 Å². The van der Waals surface area contributed by atoms with E-state index in [4.69, 9.17) is 0 Å². The molecule has 0 radical (unpaired) electrons. The Morgan fingerprint density at radius 3 is 2.79 bits per heavy atom. The molecule has 0 spiro atoms. The van der Waals surface area contributed by atoms with Gasteiger partial charge in [0.05, 0.1) is 14.8 Å². The third-order valence-electron chi connectivity index (χ3n) is 2.42. The van der Waals surface area contributed by atoms with Crippen molar-refractivity contribution in [1.82, 2.24) is 0 Å². The quantitative estimate of drug-likeness (QED) is 0.652. The Morgan fingerprint density at radius 2 is 2.16 bits per heavy atom. The summed E-state index contributed by atoms with van der Waals surface area (Å²) in [6.07, 6.45) is 0.778. The molecule has 0 saturated heterocycles. The number of non-ortho nitro benzene ring substituents is 1. The highest BCUT2D eigenvalue weighted by Crippen LogP contribution is 2.23. The maximum absolute atomic E-state index is 13.2. The predicted molar refractivity (Wildman–Crippen MR) is 77.3 cm³/mol. The predicted octanol–water partition coefficient (Wildman–Crippen LogP) is 4.21. The first-order valence-electron chi connectivity index (χ1n) is 5.47. The molecular formula is C12H10BrFN2O2S. The van der Waals surface area contributed by atoms with E-state index in [1.165, 1.54) is 17.0 Å². The van der Waals surface area contributed by atoms with Gasteiger partial charge < -0.3 is 5.32 Å². The van der Waals surface area contributed by atoms with E-state index in [2.05, 4.69) is 21.2 Å². The Labute approximate surface area is 121 Å². The van der Waals surface area contributed by atoms with Crippen LogP contribution in [0.15, 0.2) is 34.1 Å². The second-order valence-electron chi connectivity index (χ2n) is 3.84. The summed E-state index contributed by atoms with van der Waals surface area (Å²) in [6.45, 7) is 0.591. The average molecular weight is 345 g/mol. The van der Waals surface area contributed by atoms with E-state index in [1.54, 1.807) is 11.3 Å². The van der Waals surface area contributed by atoms with Crippen molar-refractivity contribution >= 4 is 38.6 Å². The van der Waals surface area contributed by atoms with Crippen molar-refractivity contribution in [3.8, 4) is 0 Å². The molecule has 1 heterocycles. The number of nitro groups is 1. The number of nitrogens with one attached hydrogen (secondary N) is 1. The molecule has 0 aliphatic heterocycles. The highest BCUT2D eigenvalue weighted by molar-refractivity contribution is 9.11. The van der Waals surface area contributed by atoms with Crippen LogP contribution in [0.1, 0.15) is 4.88 Å². The van der Waals surface area contributed by atoms with Crippen molar-refractivity contribution in [1.29, 1.82) is 0 Å². The van der Waals surface area contributed by atoms with Gasteiger partial charge in [-0.25, -0.2) is 4.39 Å². The van der Waals surface area contributed by atoms with Crippen molar-refractivity contribution in [3.63, 3.8) is 0 Å². The Hall–Kier alpha value is -1.47. The number of hydrogen-bond donors (Lipinski definition) is 1. The number of rotatable bonds is 5. The molecule has 0 saturated carbocycles. The number of nitrogens with zero attached hydrogens (tertiary/aromatic N) is 1. The number of benzene rings is 1. The molecule has 1 aromatic carbocycles. The summed E-state index contributed by atoms with van der Waals surface area (Å²) in [5, 5.41) is 13.6. The molecule has 100 valence electrons. The van der Waals surface area contributed by atoms with Gasteiger partial charge in [0.25, 0.3) is 5.69 Å². The summed E-state index contributed by atoms with van der Waals surface area (Å²) < 4.78 is 14.3. The minimum Gasteiger partial charge on any atom is -0.384 e. The normalized spacial score (nSPS) is 10.4. The molecule has 0 bridgehead atoms. The molecule has 4 nitrogen and oxygen atoms in total. The maximum Gasteiger partial charge on any atom is 0.274 e. The smallest absolute Gasteiger partial charge is 0.274 e. The first kappa shape index (κ1) is 14.0. The van der Waals surface area contributed by atoms with Crippen molar-refractivity contribution in [3.05, 3.63) is 54.9 Å². The molecule has 0 amide bonds. The highest BCUT2D eigenvalue weighted by Gasteiger charge is 2.09. The number of halogens is 2. The lowest BCUT2D eigenvalue weighted by Gasteiger charge is -2.05. The Morgan fingerprint density at radius 1 is 1.37 bits per heavy atom. The summed E-state index contributed by atoms with van der Waals surface area (Å²) >= 11 is 5.01. The van der Waals surface area contributed by atoms with E-state index in [0.717, 1.165) is 16.3 Å². The van der Waals surface area contributed by atoms with Gasteiger partial charge in [-0.3, -0.25) is 10.1 Å². The Balaban J connectivity index is 1.97. The molecule has 1 N–H and O–H groups in total. The van der Waals surface area contributed by atoms with E-state index in [0.29, 0.717) is 12.2 Å². The van der Waals surface area contributed by atoms with Gasteiger partial charge in [-0.05, 0) is 40.5 Å². The molecule has 0 aliphatic carbocycles. The van der Waals surface area contributed by atoms with E-state index in [1.807, 2.05) is 12.1 Å². The Bertz CT molecular complexity index is 603. The molecule has 1 aromatic heterocycles. The Kier molecular flexibility index (Phi) is 4.49. The zero-order valence-corrected chi connectivity index (χ0v) is 12.1. The monoisotopic (exact) mass is 344 g/mol. The fourth-order valence-electron chi connectivity index (χ4n) is 1.60. The summed E-state index contributed by atoms with van der Waals surface area (Å²) in [6, 6.07) is 7.45. The van der Waals surface area contributed by atoms with Gasteiger partial charge in [-0.1, -0.05) is 0 Å². The van der Waals surface area contributed by atoms with Crippen LogP contribution in [0.4, 0.5) is 15.8 Å². The standard InChI is InChI=1S/C12H10BrFN2O2S/c13-12-2-1-11(19-12)3-4-15-9-5-8(14)6-10(7-9)16(17)18/h1-2,5-7,15H,3-4H2. The molecule has 2 rings (SSSR count). The van der Waals surface area contributed by atoms with Crippen LogP contribution in [0.2, 0.25) is 0 Å². The fraction of sp³-hybridized carbons (Fsp3) is 0.167. The lowest BCUT2D eigenvalue weighted by molar-refractivity contribution is -0.385. The molecule has 0 unspecified atom stereocenters. The first-order chi connectivity index (χ1) is 9.04. The van der Waals surface area contributed by atoms with Gasteiger partial charge in [-0.15, -0.1) is 11.3 Å². The zero-order chi connectivity index (χ0) is 13.8. The van der Waals surface area contributed by atoms with Crippen LogP contribution in [0, 0.1) is 15.9 Å². The first-order valence-corrected chi connectivity index (χ1v) is 7.08. The van der Waals surface area contributed by atoms with E-state index >= 15 is 0 Å². The molecule has 0 aliphatic rings. The van der Waals surface area contributed by atoms with Gasteiger partial charge in [0.2, 0.25) is 0 Å². The molecule has 0 atom stereocenters. The second-order valence-corrected chi connectivity index (χ2v) is 6.39. The third kappa shape index (κ3) is 4.00. The van der Waals surface area contributed by atoms with Crippen LogP contribution in [0.5, 0.6) is 0 Å². The lowest BCUT2D eigenvalue weighted by Crippen LogP contribution is -2.04. The number of hydrogen-bond acceptors (Lipinski definition) is 4. The number of thiophene rings is 1. The summed E-state index contributed by atoms with van der Waals surface area (Å²) in [5.41, 5.74) is 0.170. The topological polar surface area (TPSA) is 55.2 Å². The van der Waals surface area contributed by atoms with Crippen LogP contribution >= 0.6 is 27.3 Å². The van der Waals surface area contributed by atoms with Gasteiger partial charge in [0.15, 0.2) is 0 Å². The fourth-order valence-corrected chi connectivity index (χ4v) is 3.08. The summed E-state index contributed by atoms with van der Waals surface area (Å²) in [4.78, 5) is 11.2. The minimum atomic E-state index is -0.615. The molecule has 2 aromatic rings. The van der Waals surface area contributed by atoms with Crippen molar-refractivity contribution in [2.75, 3.05) is 11.9 Å². The highest BCUT2D eigenvalue weighted by atomic mass is 79.9. The lowest BCUT2D eigenvalue weighted by atomic mass is 10.2. The van der Waals surface area contributed by atoms with Crippen LogP contribution in [0.25, 0.3) is 0 Å². The second kappa shape index (κ2) is 6.12. The van der Waals surface area contributed by atoms with Gasteiger partial charge >= 0.3 is 0 Å². The number of nitro benzene ring substituents is 1. The van der Waals surface area contributed by atoms with Gasteiger partial charge in [-0.2, -0.15) is 0 Å². The van der Waals surface area contributed by atoms with Gasteiger partial charge in [0.1, 0.15) is 5.82 Å². The molecule has 7 heteroatoms. The van der Waals surface area contributed by atoms with Crippen LogP contribution in [-0.4, -0.2) is 11.5 Å². The van der Waals surface area contributed by atoms with E-state index < -0.39 is 10.7 Å². The number of anilines is 1. The van der Waals surface area contributed by atoms with Gasteiger partial charge in [0, 0.05) is 23.2 Å². The van der Waals surface area contributed by atoms with Crippen molar-refractivity contribution in [2.24, 2.45) is 0 Å². The molecule has 19 heavy (non-hydrogen) atoms. The summed E-state index contributed by atoms with van der Waals surface area (Å²) in [5.74, 6) is -0.615. The summed E-state index contributed by atoms with van der Waals surface area (Å²) in [7, 11) is 0.